The van der Waals surface area contributed by atoms with Crippen LogP contribution in [-0.4, -0.2) is 72.0 Å². The van der Waals surface area contributed by atoms with Crippen LogP contribution in [0.15, 0.2) is 23.1 Å². The minimum absolute atomic E-state index is 0.0794. The summed E-state index contributed by atoms with van der Waals surface area (Å²) in [6.07, 6.45) is -5.11. The lowest BCUT2D eigenvalue weighted by molar-refractivity contribution is -0.242. The normalized spacial score (nSPS) is 14.8. The average molecular weight is 449 g/mol. The number of alkyl halides is 3. The molecule has 0 unspecified atom stereocenters. The molecule has 0 aromatic heterocycles. The third-order valence-electron chi connectivity index (χ3n) is 3.74. The fourth-order valence-corrected chi connectivity index (χ4v) is 3.78. The van der Waals surface area contributed by atoms with Gasteiger partial charge in [-0.2, -0.15) is 17.5 Å². The average Bonchev–Trinajstić information content (AvgIpc) is 2.58. The molecule has 0 spiro atoms. The molecular weight excluding hydrogens is 429 g/mol. The number of hydrogen-bond acceptors (Lipinski definition) is 6. The summed E-state index contributed by atoms with van der Waals surface area (Å²) in [7, 11) is -4.12. The summed E-state index contributed by atoms with van der Waals surface area (Å²) >= 11 is 5.88. The number of hydrogen-bond donors (Lipinski definition) is 4. The van der Waals surface area contributed by atoms with E-state index in [0.29, 0.717) is 0 Å². The Morgan fingerprint density at radius 2 is 1.82 bits per heavy atom. The Morgan fingerprint density at radius 1 is 1.21 bits per heavy atom. The van der Waals surface area contributed by atoms with Crippen LogP contribution in [0.3, 0.4) is 0 Å². The Balaban J connectivity index is 3.13. The van der Waals surface area contributed by atoms with Crippen molar-refractivity contribution in [3.8, 4) is 0 Å². The highest BCUT2D eigenvalue weighted by molar-refractivity contribution is 7.89. The van der Waals surface area contributed by atoms with Gasteiger partial charge in [0.15, 0.2) is 0 Å². The van der Waals surface area contributed by atoms with Crippen LogP contribution in [0, 0.1) is 0 Å². The third kappa shape index (κ3) is 5.55. The first kappa shape index (κ1) is 24.6. The third-order valence-corrected chi connectivity index (χ3v) is 5.94. The molecule has 1 rings (SSSR count). The quantitative estimate of drug-likeness (QED) is 0.445. The molecular formula is C15H20ClF3N2O6S. The molecule has 1 aromatic carbocycles. The van der Waals surface area contributed by atoms with Crippen LogP contribution >= 0.6 is 11.6 Å². The maximum atomic E-state index is 12.7. The number of carbonyl (C=O) groups is 1. The summed E-state index contributed by atoms with van der Waals surface area (Å²) < 4.78 is 64.2. The molecule has 0 bridgehead atoms. The van der Waals surface area contributed by atoms with E-state index in [1.165, 1.54) is 0 Å². The Bertz CT molecular complexity index is 801. The monoisotopic (exact) mass is 448 g/mol. The predicted octanol–water partition coefficient (Wildman–Crippen LogP) is 0.957. The van der Waals surface area contributed by atoms with Crippen molar-refractivity contribution in [1.82, 2.24) is 4.31 Å². The van der Waals surface area contributed by atoms with E-state index in [2.05, 4.69) is 0 Å². The molecule has 0 radical (unpaired) electrons. The topological polar surface area (TPSA) is 127 Å². The van der Waals surface area contributed by atoms with Crippen LogP contribution in [-0.2, 0) is 14.8 Å². The molecule has 0 saturated heterocycles. The summed E-state index contributed by atoms with van der Waals surface area (Å²) in [5, 5.41) is 28.7. The molecule has 28 heavy (non-hydrogen) atoms. The van der Waals surface area contributed by atoms with Gasteiger partial charge in [0.25, 0.3) is 5.91 Å². The molecule has 13 heteroatoms. The lowest BCUT2D eigenvalue weighted by Gasteiger charge is -2.25. The van der Waals surface area contributed by atoms with Gasteiger partial charge in [-0.05, 0) is 31.5 Å². The first-order valence-corrected chi connectivity index (χ1v) is 9.72. The second kappa shape index (κ2) is 9.37. The fraction of sp³-hybridized carbons (Fsp3) is 0.533. The van der Waals surface area contributed by atoms with Crippen molar-refractivity contribution in [2.75, 3.05) is 31.6 Å². The highest BCUT2D eigenvalue weighted by Gasteiger charge is 2.55. The highest BCUT2D eigenvalue weighted by Crippen LogP contribution is 2.33. The Kier molecular flexibility index (Phi) is 8.23. The number of aliphatic hydroxyl groups excluding tert-OH is 2. The van der Waals surface area contributed by atoms with E-state index in [9.17, 15) is 31.5 Å². The molecule has 0 heterocycles. The van der Waals surface area contributed by atoms with E-state index in [1.807, 2.05) is 0 Å². The number of anilines is 1. The smallest absolute Gasteiger partial charge is 0.396 e. The standard InChI is InChI=1S/C15H20ClF3N2O6S/c1-14(25,15(17,18)19)13(24)20-12-4-3-10(9-11(12)16)28(26,27)21(6-8-23)5-2-7-22/h3-4,9,22-23,25H,2,5-8H2,1H3,(H,20,24)/t14-/m1/s1. The van der Waals surface area contributed by atoms with Gasteiger partial charge in [0.2, 0.25) is 15.6 Å². The number of aliphatic hydroxyl groups is 3. The van der Waals surface area contributed by atoms with Gasteiger partial charge in [0.1, 0.15) is 0 Å². The van der Waals surface area contributed by atoms with Gasteiger partial charge in [0.05, 0.1) is 22.2 Å². The van der Waals surface area contributed by atoms with E-state index >= 15 is 0 Å². The van der Waals surface area contributed by atoms with E-state index in [-0.39, 0.29) is 48.6 Å². The summed E-state index contributed by atoms with van der Waals surface area (Å²) in [4.78, 5) is 11.4. The molecule has 1 atom stereocenters. The highest BCUT2D eigenvalue weighted by atomic mass is 35.5. The van der Waals surface area contributed by atoms with Crippen molar-refractivity contribution in [3.63, 3.8) is 0 Å². The van der Waals surface area contributed by atoms with Crippen LogP contribution in [0.1, 0.15) is 13.3 Å². The number of amides is 1. The SMILES string of the molecule is C[C@@](O)(C(=O)Nc1ccc(S(=O)(=O)N(CCO)CCCO)cc1Cl)C(F)(F)F. The molecule has 8 nitrogen and oxygen atoms in total. The van der Waals surface area contributed by atoms with Crippen LogP contribution in [0.4, 0.5) is 18.9 Å². The van der Waals surface area contributed by atoms with Gasteiger partial charge in [-0.1, -0.05) is 11.6 Å². The van der Waals surface area contributed by atoms with E-state index < -0.39 is 34.3 Å². The van der Waals surface area contributed by atoms with Crippen LogP contribution in [0.5, 0.6) is 0 Å². The number of nitrogens with zero attached hydrogens (tertiary/aromatic N) is 1. The summed E-state index contributed by atoms with van der Waals surface area (Å²) in [6.45, 7) is -0.804. The molecule has 160 valence electrons. The zero-order chi connectivity index (χ0) is 21.8. The molecule has 1 amide bonds. The zero-order valence-corrected chi connectivity index (χ0v) is 16.3. The van der Waals surface area contributed by atoms with Crippen molar-refractivity contribution in [1.29, 1.82) is 0 Å². The Labute approximate surface area is 164 Å². The molecule has 1 aromatic rings. The minimum atomic E-state index is -5.23. The lowest BCUT2D eigenvalue weighted by Crippen LogP contribution is -2.52. The number of sulfonamides is 1. The van der Waals surface area contributed by atoms with Gasteiger partial charge in [-0.15, -0.1) is 0 Å². The molecule has 4 N–H and O–H groups in total. The second-order valence-corrected chi connectivity index (χ2v) is 8.22. The van der Waals surface area contributed by atoms with Crippen molar-refractivity contribution in [2.24, 2.45) is 0 Å². The van der Waals surface area contributed by atoms with Gasteiger partial charge in [-0.25, -0.2) is 8.42 Å². The largest absolute Gasteiger partial charge is 0.426 e. The van der Waals surface area contributed by atoms with Gasteiger partial charge in [-0.3, -0.25) is 4.79 Å². The van der Waals surface area contributed by atoms with Crippen LogP contribution in [0.25, 0.3) is 0 Å². The maximum absolute atomic E-state index is 12.7. The second-order valence-electron chi connectivity index (χ2n) is 5.87. The lowest BCUT2D eigenvalue weighted by atomic mass is 10.1. The Hall–Kier alpha value is -1.44. The van der Waals surface area contributed by atoms with Crippen molar-refractivity contribution in [3.05, 3.63) is 23.2 Å². The Morgan fingerprint density at radius 3 is 2.29 bits per heavy atom. The van der Waals surface area contributed by atoms with Crippen molar-refractivity contribution >= 4 is 33.2 Å². The molecule has 0 fully saturated rings. The number of halogens is 4. The van der Waals surface area contributed by atoms with Crippen LogP contribution in [0.2, 0.25) is 5.02 Å². The van der Waals surface area contributed by atoms with E-state index in [0.717, 1.165) is 22.5 Å². The fourth-order valence-electron chi connectivity index (χ4n) is 1.99. The van der Waals surface area contributed by atoms with Crippen molar-refractivity contribution < 1.29 is 41.7 Å². The number of carbonyl (C=O) groups excluding carboxylic acids is 1. The maximum Gasteiger partial charge on any atom is 0.426 e. The van der Waals surface area contributed by atoms with Crippen molar-refractivity contribution in [2.45, 2.75) is 30.0 Å². The van der Waals surface area contributed by atoms with Gasteiger partial charge in [0, 0.05) is 19.7 Å². The van der Waals surface area contributed by atoms with E-state index in [4.69, 9.17) is 21.8 Å². The summed E-state index contributed by atoms with van der Waals surface area (Å²) in [6, 6.07) is 2.89. The van der Waals surface area contributed by atoms with E-state index in [1.54, 1.807) is 5.32 Å². The number of rotatable bonds is 9. The van der Waals surface area contributed by atoms with Gasteiger partial charge < -0.3 is 20.6 Å². The molecule has 0 aliphatic rings. The number of nitrogens with one attached hydrogen (secondary N) is 1. The first-order chi connectivity index (χ1) is 12.8. The number of benzene rings is 1. The predicted molar refractivity (Wildman–Crippen MR) is 94.3 cm³/mol. The van der Waals surface area contributed by atoms with Gasteiger partial charge >= 0.3 is 6.18 Å². The molecule has 0 saturated carbocycles. The van der Waals surface area contributed by atoms with Crippen LogP contribution < -0.4 is 5.32 Å². The molecule has 0 aliphatic carbocycles. The molecule has 0 aliphatic heterocycles. The zero-order valence-electron chi connectivity index (χ0n) is 14.7. The first-order valence-electron chi connectivity index (χ1n) is 7.91. The summed E-state index contributed by atoms with van der Waals surface area (Å²) in [5.41, 5.74) is -4.01. The minimum Gasteiger partial charge on any atom is -0.396 e. The summed E-state index contributed by atoms with van der Waals surface area (Å²) in [5.74, 6) is -1.79.